The number of hydrogen-bond donors (Lipinski definition) is 0. The van der Waals surface area contributed by atoms with Crippen molar-refractivity contribution in [2.45, 2.75) is 13.8 Å². The van der Waals surface area contributed by atoms with Gasteiger partial charge in [0.15, 0.2) is 0 Å². The Bertz CT molecular complexity index is 268. The van der Waals surface area contributed by atoms with Crippen molar-refractivity contribution in [2.75, 3.05) is 18.0 Å². The van der Waals surface area contributed by atoms with Crippen LogP contribution in [0.5, 0.6) is 0 Å². The number of hydrogen-bond acceptors (Lipinski definition) is 4. The van der Waals surface area contributed by atoms with E-state index in [1.807, 2.05) is 13.8 Å². The maximum absolute atomic E-state index is 12.5. The van der Waals surface area contributed by atoms with Gasteiger partial charge in [-0.2, -0.15) is 23.7 Å². The Kier molecular flexibility index (Phi) is 3.05. The van der Waals surface area contributed by atoms with Crippen molar-refractivity contribution in [1.29, 1.82) is 0 Å². The SMILES string of the molecule is CCN(CC)c1nc(F)nc(F)n1. The molecule has 0 radical (unpaired) electrons. The lowest BCUT2D eigenvalue weighted by Gasteiger charge is -2.17. The maximum Gasteiger partial charge on any atom is 0.315 e. The van der Waals surface area contributed by atoms with Gasteiger partial charge in [0.2, 0.25) is 5.95 Å². The fourth-order valence-electron chi connectivity index (χ4n) is 0.964. The highest BCUT2D eigenvalue weighted by Crippen LogP contribution is 2.05. The smallest absolute Gasteiger partial charge is 0.315 e. The second-order valence-corrected chi connectivity index (χ2v) is 2.35. The van der Waals surface area contributed by atoms with E-state index in [9.17, 15) is 8.78 Å². The fourth-order valence-corrected chi connectivity index (χ4v) is 0.964. The molecule has 0 N–H and O–H groups in total. The van der Waals surface area contributed by atoms with Gasteiger partial charge in [-0.15, -0.1) is 0 Å². The highest BCUT2D eigenvalue weighted by Gasteiger charge is 2.09. The third kappa shape index (κ3) is 2.30. The van der Waals surface area contributed by atoms with Crippen LogP contribution in [-0.4, -0.2) is 28.0 Å². The summed E-state index contributed by atoms with van der Waals surface area (Å²) in [6.45, 7) is 4.89. The van der Waals surface area contributed by atoms with Crippen LogP contribution < -0.4 is 4.90 Å². The first-order valence-electron chi connectivity index (χ1n) is 3.99. The second kappa shape index (κ2) is 4.06. The molecule has 0 fully saturated rings. The molecule has 13 heavy (non-hydrogen) atoms. The quantitative estimate of drug-likeness (QED) is 0.709. The zero-order chi connectivity index (χ0) is 9.84. The van der Waals surface area contributed by atoms with Gasteiger partial charge in [0, 0.05) is 13.1 Å². The van der Waals surface area contributed by atoms with E-state index in [0.717, 1.165) is 0 Å². The highest BCUT2D eigenvalue weighted by atomic mass is 19.1. The first kappa shape index (κ1) is 9.76. The second-order valence-electron chi connectivity index (χ2n) is 2.35. The van der Waals surface area contributed by atoms with Crippen LogP contribution in [0, 0.1) is 12.2 Å². The van der Waals surface area contributed by atoms with Gasteiger partial charge >= 0.3 is 12.2 Å². The summed E-state index contributed by atoms with van der Waals surface area (Å²) in [6, 6.07) is 0. The van der Waals surface area contributed by atoms with Crippen LogP contribution in [-0.2, 0) is 0 Å². The van der Waals surface area contributed by atoms with Gasteiger partial charge in [0.05, 0.1) is 0 Å². The van der Waals surface area contributed by atoms with E-state index in [1.165, 1.54) is 0 Å². The van der Waals surface area contributed by atoms with Crippen LogP contribution in [0.15, 0.2) is 0 Å². The standard InChI is InChI=1S/C7H10F2N4/c1-3-13(4-2)7-11-5(8)10-6(9)12-7/h3-4H2,1-2H3. The van der Waals surface area contributed by atoms with Crippen LogP contribution in [0.4, 0.5) is 14.7 Å². The van der Waals surface area contributed by atoms with Gasteiger partial charge in [-0.25, -0.2) is 0 Å². The lowest BCUT2D eigenvalue weighted by atomic mass is 10.5. The van der Waals surface area contributed by atoms with Crippen LogP contribution in [0.25, 0.3) is 0 Å². The molecular formula is C7H10F2N4. The van der Waals surface area contributed by atoms with Crippen LogP contribution in [0.1, 0.15) is 13.8 Å². The normalized spacial score (nSPS) is 10.2. The van der Waals surface area contributed by atoms with Crippen LogP contribution in [0.2, 0.25) is 0 Å². The van der Waals surface area contributed by atoms with E-state index in [4.69, 9.17) is 0 Å². The molecule has 0 atom stereocenters. The van der Waals surface area contributed by atoms with Gasteiger partial charge in [0.1, 0.15) is 0 Å². The largest absolute Gasteiger partial charge is 0.341 e. The molecule has 0 aliphatic rings. The Morgan fingerprint density at radius 3 is 1.85 bits per heavy atom. The first-order valence-corrected chi connectivity index (χ1v) is 3.99. The van der Waals surface area contributed by atoms with E-state index >= 15 is 0 Å². The molecule has 0 unspecified atom stereocenters. The minimum atomic E-state index is -1.09. The molecule has 0 aliphatic carbocycles. The van der Waals surface area contributed by atoms with Gasteiger partial charge in [0.25, 0.3) is 0 Å². The molecule has 1 heterocycles. The van der Waals surface area contributed by atoms with Crippen LogP contribution >= 0.6 is 0 Å². The molecule has 0 aromatic carbocycles. The van der Waals surface area contributed by atoms with Gasteiger partial charge in [-0.05, 0) is 13.8 Å². The van der Waals surface area contributed by atoms with Crippen molar-refractivity contribution < 1.29 is 8.78 Å². The molecule has 1 aromatic heterocycles. The summed E-state index contributed by atoms with van der Waals surface area (Å²) >= 11 is 0. The Hall–Kier alpha value is -1.33. The highest BCUT2D eigenvalue weighted by molar-refractivity contribution is 5.26. The average Bonchev–Trinajstić information content (AvgIpc) is 2.04. The molecule has 0 saturated heterocycles. The number of rotatable bonds is 3. The fraction of sp³-hybridized carbons (Fsp3) is 0.571. The minimum absolute atomic E-state index is 0.0370. The molecule has 0 amide bonds. The number of halogens is 2. The summed E-state index contributed by atoms with van der Waals surface area (Å²) < 4.78 is 25.1. The molecule has 0 saturated carbocycles. The maximum atomic E-state index is 12.5. The van der Waals surface area contributed by atoms with Gasteiger partial charge < -0.3 is 4.90 Å². The first-order chi connectivity index (χ1) is 6.17. The summed E-state index contributed by atoms with van der Waals surface area (Å²) in [5, 5.41) is 0. The summed E-state index contributed by atoms with van der Waals surface area (Å²) in [4.78, 5) is 11.2. The van der Waals surface area contributed by atoms with Gasteiger partial charge in [-0.1, -0.05) is 0 Å². The number of anilines is 1. The topological polar surface area (TPSA) is 41.9 Å². The summed E-state index contributed by atoms with van der Waals surface area (Å²) in [5.74, 6) is 0.0370. The van der Waals surface area contributed by atoms with Gasteiger partial charge in [-0.3, -0.25) is 0 Å². The minimum Gasteiger partial charge on any atom is -0.341 e. The van der Waals surface area contributed by atoms with E-state index in [-0.39, 0.29) is 5.95 Å². The third-order valence-electron chi connectivity index (χ3n) is 1.62. The lowest BCUT2D eigenvalue weighted by molar-refractivity contribution is 0.453. The van der Waals surface area contributed by atoms with Crippen molar-refractivity contribution in [1.82, 2.24) is 15.0 Å². The van der Waals surface area contributed by atoms with E-state index in [1.54, 1.807) is 4.90 Å². The van der Waals surface area contributed by atoms with E-state index in [2.05, 4.69) is 15.0 Å². The molecule has 6 heteroatoms. The molecule has 1 aromatic rings. The molecule has 0 bridgehead atoms. The Balaban J connectivity index is 2.99. The lowest BCUT2D eigenvalue weighted by Crippen LogP contribution is -2.25. The summed E-state index contributed by atoms with van der Waals surface area (Å²) in [6.07, 6.45) is -2.18. The summed E-state index contributed by atoms with van der Waals surface area (Å²) in [5.41, 5.74) is 0. The number of nitrogens with zero attached hydrogens (tertiary/aromatic N) is 4. The van der Waals surface area contributed by atoms with Crippen molar-refractivity contribution in [3.63, 3.8) is 0 Å². The Morgan fingerprint density at radius 2 is 1.46 bits per heavy atom. The average molecular weight is 188 g/mol. The Morgan fingerprint density at radius 1 is 1.00 bits per heavy atom. The number of aromatic nitrogens is 3. The van der Waals surface area contributed by atoms with E-state index in [0.29, 0.717) is 13.1 Å². The zero-order valence-corrected chi connectivity index (χ0v) is 7.46. The molecule has 0 spiro atoms. The predicted molar refractivity (Wildman–Crippen MR) is 43.3 cm³/mol. The van der Waals surface area contributed by atoms with Crippen molar-refractivity contribution in [2.24, 2.45) is 0 Å². The third-order valence-corrected chi connectivity index (χ3v) is 1.62. The van der Waals surface area contributed by atoms with Crippen molar-refractivity contribution >= 4 is 5.95 Å². The molecular weight excluding hydrogens is 178 g/mol. The zero-order valence-electron chi connectivity index (χ0n) is 7.46. The predicted octanol–water partition coefficient (Wildman–Crippen LogP) is 0.996. The monoisotopic (exact) mass is 188 g/mol. The molecule has 72 valence electrons. The van der Waals surface area contributed by atoms with Crippen molar-refractivity contribution in [3.8, 4) is 0 Å². The van der Waals surface area contributed by atoms with Crippen LogP contribution in [0.3, 0.4) is 0 Å². The summed E-state index contributed by atoms with van der Waals surface area (Å²) in [7, 11) is 0. The Labute approximate surface area is 74.6 Å². The van der Waals surface area contributed by atoms with E-state index < -0.39 is 12.2 Å². The van der Waals surface area contributed by atoms with Crippen molar-refractivity contribution in [3.05, 3.63) is 12.2 Å². The molecule has 1 rings (SSSR count). The molecule has 4 nitrogen and oxygen atoms in total. The molecule has 0 aliphatic heterocycles.